The van der Waals surface area contributed by atoms with Gasteiger partial charge in [0.2, 0.25) is 0 Å². The molecule has 1 fully saturated rings. The summed E-state index contributed by atoms with van der Waals surface area (Å²) in [5.41, 5.74) is 3.64. The van der Waals surface area contributed by atoms with Gasteiger partial charge in [-0.3, -0.25) is 0 Å². The zero-order valence-electron chi connectivity index (χ0n) is 26.0. The van der Waals surface area contributed by atoms with Crippen molar-refractivity contribution >= 4 is 27.6 Å². The van der Waals surface area contributed by atoms with Gasteiger partial charge in [-0.05, 0) is 41.8 Å². The fourth-order valence-electron chi connectivity index (χ4n) is 5.41. The normalized spacial score (nSPS) is 21.8. The summed E-state index contributed by atoms with van der Waals surface area (Å²) in [6, 6.07) is 36.2. The first-order chi connectivity index (χ1) is 22.6. The quantitative estimate of drug-likeness (QED) is 0.135. The van der Waals surface area contributed by atoms with E-state index in [9.17, 15) is 4.79 Å². The lowest BCUT2D eigenvalue weighted by atomic mass is 9.92. The Labute approximate surface area is 279 Å². The number of rotatable bonds is 15. The van der Waals surface area contributed by atoms with Gasteiger partial charge >= 0.3 is 5.97 Å². The minimum atomic E-state index is -0.967. The van der Waals surface area contributed by atoms with Crippen LogP contribution >= 0.6 is 15.9 Å². The van der Waals surface area contributed by atoms with Gasteiger partial charge in [-0.25, -0.2) is 4.79 Å². The van der Waals surface area contributed by atoms with Crippen LogP contribution in [0.25, 0.3) is 0 Å². The number of carbonyl (C=O) groups is 1. The molecule has 0 radical (unpaired) electrons. The van der Waals surface area contributed by atoms with Crippen molar-refractivity contribution in [1.82, 2.24) is 0 Å². The number of ether oxygens (including phenoxy) is 6. The summed E-state index contributed by atoms with van der Waals surface area (Å²) in [6.07, 6.45) is -3.93. The molecule has 5 rings (SSSR count). The number of nitrogens with one attached hydrogen (secondary N) is 1. The highest BCUT2D eigenvalue weighted by molar-refractivity contribution is 9.10. The molecule has 8 nitrogen and oxygen atoms in total. The summed E-state index contributed by atoms with van der Waals surface area (Å²) in [4.78, 5) is 13.7. The molecule has 1 aliphatic rings. The first-order valence-corrected chi connectivity index (χ1v) is 16.2. The van der Waals surface area contributed by atoms with E-state index >= 15 is 0 Å². The number of hydrogen-bond donors (Lipinski definition) is 1. The molecule has 0 spiro atoms. The van der Waals surface area contributed by atoms with Gasteiger partial charge in [-0.15, -0.1) is 0 Å². The second kappa shape index (κ2) is 17.4. The summed E-state index contributed by atoms with van der Waals surface area (Å²) in [6.45, 7) is 2.81. The fraction of sp³-hybridized carbons (Fsp3) is 0.324. The van der Waals surface area contributed by atoms with Crippen molar-refractivity contribution in [2.45, 2.75) is 63.5 Å². The standard InChI is InChI=1S/C37H40BrNO7/c1-3-42-36(40)31(39-30-21-13-20-29(38)22-30)32-33(43-23-26-14-7-4-8-15-26)34(44-24-27-16-9-5-10-17-27)35(37(41-2)46-32)45-25-28-18-11-6-12-19-28/h4-22,31-35,37,39H,3,23-25H2,1-2H3/t31-,32-,33-,34+,35-,37+/m1/s1. The van der Waals surface area contributed by atoms with Crippen molar-refractivity contribution in [3.05, 3.63) is 136 Å². The van der Waals surface area contributed by atoms with Crippen molar-refractivity contribution in [3.8, 4) is 0 Å². The van der Waals surface area contributed by atoms with Crippen LogP contribution in [0.2, 0.25) is 0 Å². The molecular weight excluding hydrogens is 650 g/mol. The Morgan fingerprint density at radius 2 is 1.26 bits per heavy atom. The maximum absolute atomic E-state index is 13.7. The number of methoxy groups -OCH3 is 1. The van der Waals surface area contributed by atoms with Gasteiger partial charge in [-0.1, -0.05) is 113 Å². The number of halogens is 1. The van der Waals surface area contributed by atoms with E-state index in [0.717, 1.165) is 21.2 Å². The Morgan fingerprint density at radius 3 is 1.76 bits per heavy atom. The average molecular weight is 691 g/mol. The molecule has 0 bridgehead atoms. The van der Waals surface area contributed by atoms with Crippen LogP contribution < -0.4 is 5.32 Å². The third kappa shape index (κ3) is 9.25. The van der Waals surface area contributed by atoms with E-state index < -0.39 is 42.7 Å². The van der Waals surface area contributed by atoms with Crippen molar-refractivity contribution in [2.24, 2.45) is 0 Å². The largest absolute Gasteiger partial charge is 0.464 e. The van der Waals surface area contributed by atoms with Gasteiger partial charge in [0.15, 0.2) is 12.3 Å². The molecule has 6 atom stereocenters. The van der Waals surface area contributed by atoms with Crippen molar-refractivity contribution in [2.75, 3.05) is 19.0 Å². The highest BCUT2D eigenvalue weighted by Gasteiger charge is 2.53. The highest BCUT2D eigenvalue weighted by atomic mass is 79.9. The lowest BCUT2D eigenvalue weighted by molar-refractivity contribution is -0.319. The van der Waals surface area contributed by atoms with Crippen LogP contribution in [0.5, 0.6) is 0 Å². The molecular formula is C37H40BrNO7. The molecule has 242 valence electrons. The maximum Gasteiger partial charge on any atom is 0.331 e. The molecule has 1 aliphatic heterocycles. The predicted octanol–water partition coefficient (Wildman–Crippen LogP) is 6.92. The van der Waals surface area contributed by atoms with Crippen LogP contribution in [0.4, 0.5) is 5.69 Å². The average Bonchev–Trinajstić information content (AvgIpc) is 3.09. The number of anilines is 1. The Morgan fingerprint density at radius 1 is 0.739 bits per heavy atom. The molecule has 4 aromatic carbocycles. The molecule has 1 N–H and O–H groups in total. The van der Waals surface area contributed by atoms with E-state index in [1.165, 1.54) is 0 Å². The van der Waals surface area contributed by atoms with Crippen LogP contribution in [0.3, 0.4) is 0 Å². The molecule has 0 saturated carbocycles. The predicted molar refractivity (Wildman–Crippen MR) is 179 cm³/mol. The van der Waals surface area contributed by atoms with Gasteiger partial charge in [0.25, 0.3) is 0 Å². The smallest absolute Gasteiger partial charge is 0.331 e. The van der Waals surface area contributed by atoms with Gasteiger partial charge in [0.1, 0.15) is 24.4 Å². The number of carbonyl (C=O) groups excluding carboxylic acids is 1. The van der Waals surface area contributed by atoms with E-state index in [1.54, 1.807) is 14.0 Å². The minimum absolute atomic E-state index is 0.197. The van der Waals surface area contributed by atoms with E-state index in [4.69, 9.17) is 28.4 Å². The Kier molecular flexibility index (Phi) is 12.8. The summed E-state index contributed by atoms with van der Waals surface area (Å²) < 4.78 is 38.9. The first-order valence-electron chi connectivity index (χ1n) is 15.4. The molecule has 46 heavy (non-hydrogen) atoms. The molecule has 1 saturated heterocycles. The highest BCUT2D eigenvalue weighted by Crippen LogP contribution is 2.34. The zero-order valence-corrected chi connectivity index (χ0v) is 27.6. The van der Waals surface area contributed by atoms with Crippen LogP contribution in [-0.2, 0) is 53.0 Å². The molecule has 4 aromatic rings. The SMILES string of the molecule is CCOC(=O)[C@H](Nc1cccc(Br)c1)[C@H]1O[C@H](OC)[C@H](OCc2ccccc2)[C@@H](OCc2ccccc2)[C@@H]1OCc1ccccc1. The fourth-order valence-corrected chi connectivity index (χ4v) is 5.81. The zero-order chi connectivity index (χ0) is 32.1. The van der Waals surface area contributed by atoms with Crippen molar-refractivity contribution in [1.29, 1.82) is 0 Å². The van der Waals surface area contributed by atoms with Gasteiger partial charge in [0, 0.05) is 17.3 Å². The number of hydrogen-bond acceptors (Lipinski definition) is 8. The van der Waals surface area contributed by atoms with Crippen LogP contribution in [0.1, 0.15) is 23.6 Å². The lowest BCUT2D eigenvalue weighted by Crippen LogP contribution is -2.65. The molecule has 9 heteroatoms. The van der Waals surface area contributed by atoms with E-state index in [2.05, 4.69) is 21.2 Å². The Balaban J connectivity index is 1.53. The van der Waals surface area contributed by atoms with Gasteiger partial charge in [-0.2, -0.15) is 0 Å². The van der Waals surface area contributed by atoms with E-state index in [0.29, 0.717) is 12.3 Å². The second-order valence-electron chi connectivity index (χ2n) is 10.9. The van der Waals surface area contributed by atoms with E-state index in [1.807, 2.05) is 115 Å². The van der Waals surface area contributed by atoms with Crippen LogP contribution in [0.15, 0.2) is 120 Å². The molecule has 0 aliphatic carbocycles. The topological polar surface area (TPSA) is 84.5 Å². The summed E-state index contributed by atoms with van der Waals surface area (Å²) in [5, 5.41) is 3.35. The lowest BCUT2D eigenvalue weighted by Gasteiger charge is -2.47. The summed E-state index contributed by atoms with van der Waals surface area (Å²) in [5.74, 6) is -0.485. The van der Waals surface area contributed by atoms with Crippen molar-refractivity contribution in [3.63, 3.8) is 0 Å². The monoisotopic (exact) mass is 689 g/mol. The minimum Gasteiger partial charge on any atom is -0.464 e. The van der Waals surface area contributed by atoms with Gasteiger partial charge in [0.05, 0.1) is 26.4 Å². The van der Waals surface area contributed by atoms with Crippen LogP contribution in [0, 0.1) is 0 Å². The Bertz CT molecular complexity index is 1480. The second-order valence-corrected chi connectivity index (χ2v) is 11.8. The summed E-state index contributed by atoms with van der Waals surface area (Å²) >= 11 is 3.53. The molecule has 0 amide bonds. The third-order valence-corrected chi connectivity index (χ3v) is 8.13. The first kappa shape index (κ1) is 33.8. The molecule has 0 aromatic heterocycles. The maximum atomic E-state index is 13.7. The number of benzene rings is 4. The van der Waals surface area contributed by atoms with Gasteiger partial charge < -0.3 is 33.7 Å². The summed E-state index contributed by atoms with van der Waals surface area (Å²) in [7, 11) is 1.56. The molecule has 1 heterocycles. The molecule has 0 unspecified atom stereocenters. The van der Waals surface area contributed by atoms with Crippen molar-refractivity contribution < 1.29 is 33.2 Å². The Hall–Kier alpha value is -3.57. The third-order valence-electron chi connectivity index (χ3n) is 7.63. The van der Waals surface area contributed by atoms with Crippen LogP contribution in [-0.4, -0.2) is 56.4 Å². The van der Waals surface area contributed by atoms with E-state index in [-0.39, 0.29) is 19.8 Å². The number of esters is 1.